The number of nitrogens with one attached hydrogen (secondary N) is 1. The standard InChI is InChI=1S/C13H11F3N6O4S/c1-2-5-25-8(23)4-3-7-9(20-22-11-21-17-6-26-11)27-12(18-7)19-10(24)13(14,15)16/h3-4,6H,2,5H2,1H3,(H,18,19,24). The van der Waals surface area contributed by atoms with Crippen molar-refractivity contribution < 1.29 is 31.9 Å². The van der Waals surface area contributed by atoms with Gasteiger partial charge in [-0.1, -0.05) is 28.5 Å². The van der Waals surface area contributed by atoms with Gasteiger partial charge in [0.2, 0.25) is 6.39 Å². The molecule has 2 aromatic heterocycles. The molecule has 0 aliphatic rings. The van der Waals surface area contributed by atoms with Crippen LogP contribution >= 0.6 is 11.3 Å². The van der Waals surface area contributed by atoms with E-state index in [4.69, 9.17) is 9.15 Å². The second-order valence-corrected chi connectivity index (χ2v) is 5.56. The second kappa shape index (κ2) is 8.98. The number of halogens is 3. The van der Waals surface area contributed by atoms with Crippen molar-refractivity contribution in [1.82, 2.24) is 15.2 Å². The molecule has 0 spiro atoms. The Hall–Kier alpha value is -3.16. The number of anilines is 1. The minimum atomic E-state index is -5.09. The zero-order valence-corrected chi connectivity index (χ0v) is 14.4. The smallest absolute Gasteiger partial charge is 0.463 e. The lowest BCUT2D eigenvalue weighted by molar-refractivity contribution is -0.167. The molecule has 0 unspecified atom stereocenters. The van der Waals surface area contributed by atoms with Gasteiger partial charge >= 0.3 is 24.1 Å². The zero-order chi connectivity index (χ0) is 19.9. The Morgan fingerprint density at radius 1 is 1.41 bits per heavy atom. The summed E-state index contributed by atoms with van der Waals surface area (Å²) < 4.78 is 46.7. The van der Waals surface area contributed by atoms with Crippen LogP contribution in [0.15, 0.2) is 27.1 Å². The summed E-state index contributed by atoms with van der Waals surface area (Å²) in [5.41, 5.74) is -0.0193. The van der Waals surface area contributed by atoms with Gasteiger partial charge in [0.1, 0.15) is 5.69 Å². The normalized spacial score (nSPS) is 12.0. The molecule has 0 aliphatic carbocycles. The summed E-state index contributed by atoms with van der Waals surface area (Å²) in [5.74, 6) is -2.87. The van der Waals surface area contributed by atoms with Gasteiger partial charge < -0.3 is 9.15 Å². The fourth-order valence-corrected chi connectivity index (χ4v) is 2.19. The van der Waals surface area contributed by atoms with Crippen molar-refractivity contribution >= 4 is 45.4 Å². The molecule has 10 nitrogen and oxygen atoms in total. The number of aromatic nitrogens is 3. The number of thiazole rings is 1. The highest BCUT2D eigenvalue weighted by atomic mass is 32.1. The Morgan fingerprint density at radius 2 is 2.19 bits per heavy atom. The van der Waals surface area contributed by atoms with Crippen LogP contribution in [0.3, 0.4) is 0 Å². The van der Waals surface area contributed by atoms with E-state index in [9.17, 15) is 22.8 Å². The largest absolute Gasteiger partial charge is 0.471 e. The molecule has 0 fully saturated rings. The Balaban J connectivity index is 2.24. The molecule has 0 radical (unpaired) electrons. The number of nitrogens with zero attached hydrogens (tertiary/aromatic N) is 5. The van der Waals surface area contributed by atoms with E-state index < -0.39 is 23.2 Å². The number of hydrogen-bond acceptors (Lipinski definition) is 10. The molecule has 27 heavy (non-hydrogen) atoms. The molecule has 2 heterocycles. The van der Waals surface area contributed by atoms with E-state index in [1.165, 1.54) is 6.08 Å². The predicted octanol–water partition coefficient (Wildman–Crippen LogP) is 3.41. The first-order valence-electron chi connectivity index (χ1n) is 7.21. The van der Waals surface area contributed by atoms with E-state index in [0.717, 1.165) is 12.5 Å². The number of rotatable bonds is 7. The minimum absolute atomic E-state index is 0.00906. The van der Waals surface area contributed by atoms with Crippen LogP contribution in [0.5, 0.6) is 0 Å². The van der Waals surface area contributed by atoms with Crippen molar-refractivity contribution in [1.29, 1.82) is 0 Å². The molecule has 2 aromatic rings. The molecule has 0 bridgehead atoms. The molecule has 0 saturated carbocycles. The predicted molar refractivity (Wildman–Crippen MR) is 85.6 cm³/mol. The van der Waals surface area contributed by atoms with E-state index in [1.54, 1.807) is 5.32 Å². The summed E-state index contributed by atoms with van der Waals surface area (Å²) >= 11 is 0.599. The van der Waals surface area contributed by atoms with Gasteiger partial charge in [-0.25, -0.2) is 9.78 Å². The van der Waals surface area contributed by atoms with E-state index in [-0.39, 0.29) is 23.3 Å². The summed E-state index contributed by atoms with van der Waals surface area (Å²) in [7, 11) is 0. The van der Waals surface area contributed by atoms with E-state index in [0.29, 0.717) is 17.8 Å². The van der Waals surface area contributed by atoms with E-state index >= 15 is 0 Å². The Morgan fingerprint density at radius 3 is 2.81 bits per heavy atom. The van der Waals surface area contributed by atoms with E-state index in [1.807, 2.05) is 6.92 Å². The summed E-state index contributed by atoms with van der Waals surface area (Å²) in [6.07, 6.45) is -1.28. The van der Waals surface area contributed by atoms with Crippen LogP contribution in [0.2, 0.25) is 0 Å². The molecule has 0 atom stereocenters. The van der Waals surface area contributed by atoms with Crippen molar-refractivity contribution in [2.45, 2.75) is 19.5 Å². The average molecular weight is 404 g/mol. The molecular formula is C13H11F3N6O4S. The fraction of sp³-hybridized carbons (Fsp3) is 0.308. The lowest BCUT2D eigenvalue weighted by atomic mass is 10.4. The first kappa shape index (κ1) is 20.2. The number of carbonyl (C=O) groups excluding carboxylic acids is 2. The summed E-state index contributed by atoms with van der Waals surface area (Å²) in [6.45, 7) is 2.01. The monoisotopic (exact) mass is 404 g/mol. The van der Waals surface area contributed by atoms with Gasteiger partial charge in [-0.15, -0.1) is 10.2 Å². The summed E-state index contributed by atoms with van der Waals surface area (Å²) in [4.78, 5) is 26.3. The number of alkyl halides is 3. The van der Waals surface area contributed by atoms with Gasteiger partial charge in [-0.05, 0) is 12.5 Å². The van der Waals surface area contributed by atoms with Crippen molar-refractivity contribution in [3.63, 3.8) is 0 Å². The third-order valence-corrected chi connectivity index (χ3v) is 3.38. The summed E-state index contributed by atoms with van der Waals surface area (Å²) in [6, 6.07) is -0.207. The van der Waals surface area contributed by atoms with Gasteiger partial charge in [0, 0.05) is 6.08 Å². The number of ether oxygens (including phenoxy) is 1. The van der Waals surface area contributed by atoms with Gasteiger partial charge in [0.15, 0.2) is 10.1 Å². The molecule has 1 N–H and O–H groups in total. The average Bonchev–Trinajstić information content (AvgIpc) is 3.25. The first-order chi connectivity index (χ1) is 12.8. The maximum absolute atomic E-state index is 12.4. The van der Waals surface area contributed by atoms with Crippen LogP contribution in [0, 0.1) is 0 Å². The highest BCUT2D eigenvalue weighted by molar-refractivity contribution is 7.19. The molecule has 0 saturated heterocycles. The Labute approximate surface area is 153 Å². The van der Waals surface area contributed by atoms with Gasteiger partial charge in [-0.3, -0.25) is 10.1 Å². The number of esters is 1. The SMILES string of the molecule is CCCOC(=O)C=Cc1nc(NC(=O)C(F)(F)F)sc1N=Nc1nnco1. The molecule has 1 amide bonds. The lowest BCUT2D eigenvalue weighted by Gasteiger charge is -2.03. The number of carbonyl (C=O) groups is 2. The van der Waals surface area contributed by atoms with Gasteiger partial charge in [0.05, 0.1) is 6.61 Å². The Bertz CT molecular complexity index is 847. The molecule has 2 rings (SSSR count). The maximum atomic E-state index is 12.4. The number of amides is 1. The topological polar surface area (TPSA) is 132 Å². The lowest BCUT2D eigenvalue weighted by Crippen LogP contribution is -2.29. The van der Waals surface area contributed by atoms with Crippen LogP contribution in [0.4, 0.5) is 29.3 Å². The zero-order valence-electron chi connectivity index (χ0n) is 13.6. The molecule has 0 aromatic carbocycles. The third kappa shape index (κ3) is 6.25. The first-order valence-corrected chi connectivity index (χ1v) is 8.03. The van der Waals surface area contributed by atoms with Crippen LogP contribution in [0.1, 0.15) is 19.0 Å². The highest BCUT2D eigenvalue weighted by Crippen LogP contribution is 2.34. The number of hydrogen-bond donors (Lipinski definition) is 1. The van der Waals surface area contributed by atoms with Crippen molar-refractivity contribution in [2.24, 2.45) is 10.2 Å². The number of azo groups is 1. The van der Waals surface area contributed by atoms with Crippen LogP contribution in [-0.4, -0.2) is 39.8 Å². The summed E-state index contributed by atoms with van der Waals surface area (Å²) in [5, 5.41) is 15.3. The van der Waals surface area contributed by atoms with Crippen LogP contribution in [0.25, 0.3) is 6.08 Å². The van der Waals surface area contributed by atoms with Crippen molar-refractivity contribution in [3.05, 3.63) is 18.2 Å². The van der Waals surface area contributed by atoms with Crippen molar-refractivity contribution in [3.8, 4) is 0 Å². The van der Waals surface area contributed by atoms with Crippen LogP contribution < -0.4 is 5.32 Å². The highest BCUT2D eigenvalue weighted by Gasteiger charge is 2.39. The second-order valence-electron chi connectivity index (χ2n) is 4.58. The molecule has 14 heteroatoms. The van der Waals surface area contributed by atoms with E-state index in [2.05, 4.69) is 25.4 Å². The molecular weight excluding hydrogens is 393 g/mol. The van der Waals surface area contributed by atoms with Gasteiger partial charge in [0.25, 0.3) is 0 Å². The molecule has 0 aliphatic heterocycles. The minimum Gasteiger partial charge on any atom is -0.463 e. The van der Waals surface area contributed by atoms with Crippen molar-refractivity contribution in [2.75, 3.05) is 11.9 Å². The quantitative estimate of drug-likeness (QED) is 0.425. The van der Waals surface area contributed by atoms with Gasteiger partial charge in [-0.2, -0.15) is 13.2 Å². The third-order valence-electron chi connectivity index (χ3n) is 2.51. The van der Waals surface area contributed by atoms with Crippen LogP contribution in [-0.2, 0) is 14.3 Å². The fourth-order valence-electron chi connectivity index (χ4n) is 1.42. The Kier molecular flexibility index (Phi) is 6.70. The maximum Gasteiger partial charge on any atom is 0.471 e. The molecule has 144 valence electrons.